The van der Waals surface area contributed by atoms with Gasteiger partial charge in [-0.2, -0.15) is 0 Å². The van der Waals surface area contributed by atoms with E-state index in [4.69, 9.17) is 0 Å². The van der Waals surface area contributed by atoms with Gasteiger partial charge < -0.3 is 15.2 Å². The summed E-state index contributed by atoms with van der Waals surface area (Å²) in [6.45, 7) is -0.0354. The minimum atomic E-state index is -0.551. The van der Waals surface area contributed by atoms with Crippen LogP contribution in [0.5, 0.6) is 5.75 Å². The second-order valence-corrected chi connectivity index (χ2v) is 2.30. The highest BCUT2D eigenvalue weighted by Crippen LogP contribution is 2.12. The van der Waals surface area contributed by atoms with Crippen LogP contribution in [0.25, 0.3) is 0 Å². The topological polar surface area (TPSA) is 71.5 Å². The predicted molar refractivity (Wildman–Crippen MR) is 45.1 cm³/mol. The van der Waals surface area contributed by atoms with E-state index in [1.807, 2.05) is 0 Å². The maximum Gasteiger partial charge on any atom is 0.407 e. The number of pyridine rings is 1. The van der Waals surface area contributed by atoms with Gasteiger partial charge in [0.1, 0.15) is 18.1 Å². The molecule has 2 N–H and O–H groups in total. The van der Waals surface area contributed by atoms with Crippen molar-refractivity contribution in [3.8, 4) is 5.75 Å². The summed E-state index contributed by atoms with van der Waals surface area (Å²) in [6, 6.07) is 3.08. The molecule has 0 aliphatic heterocycles. The van der Waals surface area contributed by atoms with Gasteiger partial charge in [-0.1, -0.05) is 0 Å². The van der Waals surface area contributed by atoms with Crippen molar-refractivity contribution in [2.24, 2.45) is 0 Å². The summed E-state index contributed by atoms with van der Waals surface area (Å²) in [5.41, 5.74) is 0.339. The molecule has 0 saturated carbocycles. The molecular formula is C8H10N2O3. The fraction of sp³-hybridized carbons (Fsp3) is 0.250. The zero-order valence-corrected chi connectivity index (χ0v) is 7.15. The number of aromatic hydroxyl groups is 1. The molecule has 0 aliphatic rings. The molecule has 1 aromatic heterocycles. The number of nitrogens with zero attached hydrogens (tertiary/aromatic N) is 1. The van der Waals surface area contributed by atoms with Crippen molar-refractivity contribution < 1.29 is 14.6 Å². The van der Waals surface area contributed by atoms with E-state index in [1.54, 1.807) is 6.07 Å². The minimum Gasteiger partial charge on any atom is -0.506 e. The number of ether oxygens (including phenoxy) is 1. The third kappa shape index (κ3) is 2.62. The summed E-state index contributed by atoms with van der Waals surface area (Å²) in [4.78, 5) is 14.5. The Balaban J connectivity index is 2.54. The Hall–Kier alpha value is -1.78. The molecule has 0 aromatic carbocycles. The summed E-state index contributed by atoms with van der Waals surface area (Å²) in [6.07, 6.45) is 0.965. The standard InChI is InChI=1S/C8H10N2O3/c1-9-8(12)13-5-6-7(11)3-2-4-10-6/h2-4,11H,5H2,1H3,(H,9,12). The molecule has 0 saturated heterocycles. The van der Waals surface area contributed by atoms with Crippen molar-refractivity contribution in [3.05, 3.63) is 24.0 Å². The lowest BCUT2D eigenvalue weighted by atomic mass is 10.3. The van der Waals surface area contributed by atoms with Crippen molar-refractivity contribution in [2.75, 3.05) is 7.05 Å². The first-order chi connectivity index (χ1) is 6.24. The third-order valence-electron chi connectivity index (χ3n) is 1.41. The van der Waals surface area contributed by atoms with E-state index in [1.165, 1.54) is 19.3 Å². The molecule has 1 aromatic rings. The number of alkyl carbamates (subject to hydrolysis) is 1. The second kappa shape index (κ2) is 4.30. The van der Waals surface area contributed by atoms with Crippen LogP contribution in [-0.2, 0) is 11.3 Å². The molecule has 1 heterocycles. The predicted octanol–water partition coefficient (Wildman–Crippen LogP) is 0.643. The van der Waals surface area contributed by atoms with E-state index in [-0.39, 0.29) is 12.4 Å². The van der Waals surface area contributed by atoms with Crippen molar-refractivity contribution in [1.29, 1.82) is 0 Å². The molecular weight excluding hydrogens is 172 g/mol. The number of hydrogen-bond acceptors (Lipinski definition) is 4. The van der Waals surface area contributed by atoms with Gasteiger partial charge in [0.05, 0.1) is 0 Å². The van der Waals surface area contributed by atoms with Gasteiger partial charge in [-0.25, -0.2) is 4.79 Å². The Kier molecular flexibility index (Phi) is 3.08. The van der Waals surface area contributed by atoms with Gasteiger partial charge in [-0.15, -0.1) is 0 Å². The molecule has 0 bridgehead atoms. The van der Waals surface area contributed by atoms with Crippen LogP contribution in [-0.4, -0.2) is 23.2 Å². The lowest BCUT2D eigenvalue weighted by Crippen LogP contribution is -2.19. The van der Waals surface area contributed by atoms with Gasteiger partial charge in [0.15, 0.2) is 0 Å². The summed E-state index contributed by atoms with van der Waals surface area (Å²) in [5, 5.41) is 11.5. The molecule has 70 valence electrons. The van der Waals surface area contributed by atoms with Crippen molar-refractivity contribution in [1.82, 2.24) is 10.3 Å². The third-order valence-corrected chi connectivity index (χ3v) is 1.41. The van der Waals surface area contributed by atoms with Crippen LogP contribution in [0.2, 0.25) is 0 Å². The quantitative estimate of drug-likeness (QED) is 0.704. The van der Waals surface area contributed by atoms with Gasteiger partial charge >= 0.3 is 6.09 Å². The summed E-state index contributed by atoms with van der Waals surface area (Å²) < 4.78 is 4.69. The van der Waals surface area contributed by atoms with Crippen LogP contribution in [0.15, 0.2) is 18.3 Å². The zero-order valence-electron chi connectivity index (χ0n) is 7.15. The molecule has 0 unspecified atom stereocenters. The first-order valence-corrected chi connectivity index (χ1v) is 3.71. The smallest absolute Gasteiger partial charge is 0.407 e. The first-order valence-electron chi connectivity index (χ1n) is 3.71. The molecule has 5 heteroatoms. The van der Waals surface area contributed by atoms with E-state index >= 15 is 0 Å². The molecule has 0 fully saturated rings. The summed E-state index contributed by atoms with van der Waals surface area (Å²) >= 11 is 0. The Morgan fingerprint density at radius 1 is 1.77 bits per heavy atom. The average molecular weight is 182 g/mol. The number of rotatable bonds is 2. The number of aromatic nitrogens is 1. The maximum absolute atomic E-state index is 10.7. The summed E-state index contributed by atoms with van der Waals surface area (Å²) in [7, 11) is 1.46. The van der Waals surface area contributed by atoms with E-state index in [0.717, 1.165) is 0 Å². The Morgan fingerprint density at radius 2 is 2.54 bits per heavy atom. The zero-order chi connectivity index (χ0) is 9.68. The molecule has 0 radical (unpaired) electrons. The molecule has 1 rings (SSSR count). The van der Waals surface area contributed by atoms with Crippen LogP contribution in [0, 0.1) is 0 Å². The van der Waals surface area contributed by atoms with Crippen LogP contribution in [0.4, 0.5) is 4.79 Å². The number of carbonyl (C=O) groups is 1. The number of carbonyl (C=O) groups excluding carboxylic acids is 1. The number of hydrogen-bond donors (Lipinski definition) is 2. The first kappa shape index (κ1) is 9.31. The van der Waals surface area contributed by atoms with Crippen LogP contribution in [0.1, 0.15) is 5.69 Å². The SMILES string of the molecule is CNC(=O)OCc1ncccc1O. The van der Waals surface area contributed by atoms with Gasteiger partial charge in [0.25, 0.3) is 0 Å². The van der Waals surface area contributed by atoms with Gasteiger partial charge in [0.2, 0.25) is 0 Å². The van der Waals surface area contributed by atoms with Gasteiger partial charge in [-0.3, -0.25) is 4.98 Å². The van der Waals surface area contributed by atoms with Crippen LogP contribution >= 0.6 is 0 Å². The Morgan fingerprint density at radius 3 is 3.15 bits per heavy atom. The second-order valence-electron chi connectivity index (χ2n) is 2.30. The molecule has 0 atom stereocenters. The van der Waals surface area contributed by atoms with Crippen molar-refractivity contribution >= 4 is 6.09 Å². The fourth-order valence-corrected chi connectivity index (χ4v) is 0.747. The molecule has 1 amide bonds. The molecule has 5 nitrogen and oxygen atoms in total. The maximum atomic E-state index is 10.7. The fourth-order valence-electron chi connectivity index (χ4n) is 0.747. The Labute approximate surface area is 75.4 Å². The minimum absolute atomic E-state index is 0.0198. The van der Waals surface area contributed by atoms with Crippen LogP contribution < -0.4 is 5.32 Å². The van der Waals surface area contributed by atoms with Crippen molar-refractivity contribution in [2.45, 2.75) is 6.61 Å². The van der Waals surface area contributed by atoms with E-state index < -0.39 is 6.09 Å². The Bertz CT molecular complexity index is 301. The molecule has 0 aliphatic carbocycles. The summed E-state index contributed by atoms with van der Waals surface area (Å²) in [5.74, 6) is 0.0198. The van der Waals surface area contributed by atoms with E-state index in [2.05, 4.69) is 15.0 Å². The monoisotopic (exact) mass is 182 g/mol. The van der Waals surface area contributed by atoms with Crippen LogP contribution in [0.3, 0.4) is 0 Å². The highest BCUT2D eigenvalue weighted by Gasteiger charge is 2.04. The van der Waals surface area contributed by atoms with Gasteiger partial charge in [0, 0.05) is 13.2 Å². The molecule has 0 spiro atoms. The van der Waals surface area contributed by atoms with Crippen molar-refractivity contribution in [3.63, 3.8) is 0 Å². The number of amides is 1. The lowest BCUT2D eigenvalue weighted by Gasteiger charge is -2.03. The average Bonchev–Trinajstić information content (AvgIpc) is 2.16. The van der Waals surface area contributed by atoms with E-state index in [9.17, 15) is 9.90 Å². The highest BCUT2D eigenvalue weighted by atomic mass is 16.5. The highest BCUT2D eigenvalue weighted by molar-refractivity contribution is 5.66. The normalized spacial score (nSPS) is 9.31. The lowest BCUT2D eigenvalue weighted by molar-refractivity contribution is 0.139. The van der Waals surface area contributed by atoms with E-state index in [0.29, 0.717) is 5.69 Å². The number of nitrogens with one attached hydrogen (secondary N) is 1. The largest absolute Gasteiger partial charge is 0.506 e. The van der Waals surface area contributed by atoms with Gasteiger partial charge in [-0.05, 0) is 12.1 Å². The molecule has 13 heavy (non-hydrogen) atoms.